The van der Waals surface area contributed by atoms with Gasteiger partial charge in [0.15, 0.2) is 5.11 Å². The number of thiocarbonyl (C=S) groups is 1. The molecule has 3 rings (SSSR count). The first kappa shape index (κ1) is 20.6. The maximum Gasteiger partial charge on any atom is 0.255 e. The summed E-state index contributed by atoms with van der Waals surface area (Å²) in [5.74, 6) is 0.535. The highest BCUT2D eigenvalue weighted by Crippen LogP contribution is 2.20. The molecule has 0 radical (unpaired) electrons. The van der Waals surface area contributed by atoms with E-state index in [4.69, 9.17) is 28.6 Å². The first-order valence-electron chi connectivity index (χ1n) is 8.84. The molecule has 0 heterocycles. The highest BCUT2D eigenvalue weighted by atomic mass is 35.5. The Morgan fingerprint density at radius 3 is 2.03 bits per heavy atom. The van der Waals surface area contributed by atoms with Gasteiger partial charge in [-0.25, -0.2) is 0 Å². The summed E-state index contributed by atoms with van der Waals surface area (Å²) in [6.45, 7) is 1.94. The monoisotopic (exact) mass is 425 g/mol. The molecule has 0 saturated carbocycles. The molecule has 7 heteroatoms. The van der Waals surface area contributed by atoms with E-state index in [2.05, 4.69) is 16.0 Å². The highest BCUT2D eigenvalue weighted by molar-refractivity contribution is 7.80. The van der Waals surface area contributed by atoms with Crippen molar-refractivity contribution >= 4 is 51.9 Å². The fourth-order valence-corrected chi connectivity index (χ4v) is 2.96. The number of hydrogen-bond acceptors (Lipinski definition) is 3. The van der Waals surface area contributed by atoms with E-state index in [1.165, 1.54) is 0 Å². The number of ether oxygens (including phenoxy) is 1. The van der Waals surface area contributed by atoms with Crippen LogP contribution in [0.25, 0.3) is 0 Å². The SMILES string of the molecule is COc1ccc(NC(=O)c2ccc(NC(=S)Nc3ccc(C)c(Cl)c3)cc2)cc1. The zero-order valence-electron chi connectivity index (χ0n) is 16.0. The van der Waals surface area contributed by atoms with E-state index in [0.717, 1.165) is 22.7 Å². The molecule has 3 aromatic carbocycles. The number of amides is 1. The van der Waals surface area contributed by atoms with Gasteiger partial charge in [0, 0.05) is 27.6 Å². The molecule has 3 N–H and O–H groups in total. The van der Waals surface area contributed by atoms with Gasteiger partial charge in [-0.15, -0.1) is 0 Å². The lowest BCUT2D eigenvalue weighted by Gasteiger charge is -2.12. The summed E-state index contributed by atoms with van der Waals surface area (Å²) in [6.07, 6.45) is 0. The van der Waals surface area contributed by atoms with Gasteiger partial charge in [0.1, 0.15) is 5.75 Å². The zero-order chi connectivity index (χ0) is 20.8. The number of benzene rings is 3. The van der Waals surface area contributed by atoms with Gasteiger partial charge in [0.2, 0.25) is 0 Å². The van der Waals surface area contributed by atoms with Crippen LogP contribution in [0.15, 0.2) is 66.7 Å². The van der Waals surface area contributed by atoms with Gasteiger partial charge in [-0.2, -0.15) is 0 Å². The van der Waals surface area contributed by atoms with E-state index in [1.54, 1.807) is 55.6 Å². The minimum atomic E-state index is -0.197. The lowest BCUT2D eigenvalue weighted by atomic mass is 10.2. The summed E-state index contributed by atoms with van der Waals surface area (Å²) in [7, 11) is 1.60. The summed E-state index contributed by atoms with van der Waals surface area (Å²) < 4.78 is 5.11. The molecular weight excluding hydrogens is 406 g/mol. The number of rotatable bonds is 5. The van der Waals surface area contributed by atoms with Crippen molar-refractivity contribution in [1.82, 2.24) is 0 Å². The molecule has 29 heavy (non-hydrogen) atoms. The van der Waals surface area contributed by atoms with Crippen LogP contribution in [0, 0.1) is 6.92 Å². The van der Waals surface area contributed by atoms with Crippen LogP contribution in [0.3, 0.4) is 0 Å². The highest BCUT2D eigenvalue weighted by Gasteiger charge is 2.07. The van der Waals surface area contributed by atoms with Crippen LogP contribution >= 0.6 is 23.8 Å². The molecule has 5 nitrogen and oxygen atoms in total. The third kappa shape index (κ3) is 5.70. The van der Waals surface area contributed by atoms with Crippen molar-refractivity contribution in [3.63, 3.8) is 0 Å². The Labute approximate surface area is 180 Å². The predicted molar refractivity (Wildman–Crippen MR) is 123 cm³/mol. The minimum Gasteiger partial charge on any atom is -0.497 e. The fraction of sp³-hybridized carbons (Fsp3) is 0.0909. The van der Waals surface area contributed by atoms with Crippen LogP contribution in [0.5, 0.6) is 5.75 Å². The molecule has 148 valence electrons. The van der Waals surface area contributed by atoms with Gasteiger partial charge in [0.25, 0.3) is 5.91 Å². The largest absolute Gasteiger partial charge is 0.497 e. The second kappa shape index (κ2) is 9.41. The zero-order valence-corrected chi connectivity index (χ0v) is 17.5. The van der Waals surface area contributed by atoms with E-state index in [9.17, 15) is 4.79 Å². The number of methoxy groups -OCH3 is 1. The Bertz CT molecular complexity index is 1020. The van der Waals surface area contributed by atoms with Crippen molar-refractivity contribution < 1.29 is 9.53 Å². The van der Waals surface area contributed by atoms with Crippen LogP contribution in [0.1, 0.15) is 15.9 Å². The quantitative estimate of drug-likeness (QED) is 0.456. The Morgan fingerprint density at radius 2 is 1.41 bits per heavy atom. The van der Waals surface area contributed by atoms with Crippen molar-refractivity contribution in [3.05, 3.63) is 82.9 Å². The van der Waals surface area contributed by atoms with Crippen LogP contribution in [0.4, 0.5) is 17.1 Å². The van der Waals surface area contributed by atoms with Crippen LogP contribution in [-0.4, -0.2) is 18.1 Å². The summed E-state index contributed by atoms with van der Waals surface area (Å²) in [5, 5.41) is 10.1. The van der Waals surface area contributed by atoms with Crippen molar-refractivity contribution in [3.8, 4) is 5.75 Å². The Balaban J connectivity index is 1.57. The Hall–Kier alpha value is -3.09. The topological polar surface area (TPSA) is 62.4 Å². The van der Waals surface area contributed by atoms with Crippen molar-refractivity contribution in [1.29, 1.82) is 0 Å². The summed E-state index contributed by atoms with van der Waals surface area (Å²) in [6, 6.07) is 19.8. The lowest BCUT2D eigenvalue weighted by molar-refractivity contribution is 0.102. The third-order valence-electron chi connectivity index (χ3n) is 4.18. The fourth-order valence-electron chi connectivity index (χ4n) is 2.55. The number of carbonyl (C=O) groups is 1. The number of nitrogens with one attached hydrogen (secondary N) is 3. The average molecular weight is 426 g/mol. The van der Waals surface area contributed by atoms with Gasteiger partial charge >= 0.3 is 0 Å². The van der Waals surface area contributed by atoms with Gasteiger partial charge in [0.05, 0.1) is 7.11 Å². The molecule has 0 aliphatic carbocycles. The standard InChI is InChI=1S/C22H20ClN3O2S/c1-14-3-6-18(13-20(14)23)26-22(29)25-17-7-4-15(5-8-17)21(27)24-16-9-11-19(28-2)12-10-16/h3-13H,1-2H3,(H,24,27)(H2,25,26,29). The molecule has 0 spiro atoms. The van der Waals surface area contributed by atoms with Crippen LogP contribution in [0.2, 0.25) is 5.02 Å². The molecule has 3 aromatic rings. The van der Waals surface area contributed by atoms with Gasteiger partial charge < -0.3 is 20.7 Å². The van der Waals surface area contributed by atoms with Crippen molar-refractivity contribution in [2.45, 2.75) is 6.92 Å². The Morgan fingerprint density at radius 1 is 0.862 bits per heavy atom. The lowest BCUT2D eigenvalue weighted by Crippen LogP contribution is -2.19. The van der Waals surface area contributed by atoms with E-state index in [1.807, 2.05) is 25.1 Å². The number of carbonyl (C=O) groups excluding carboxylic acids is 1. The minimum absolute atomic E-state index is 0.197. The van der Waals surface area contributed by atoms with Gasteiger partial charge in [-0.05, 0) is 85.4 Å². The molecule has 0 bridgehead atoms. The van der Waals surface area contributed by atoms with E-state index in [-0.39, 0.29) is 5.91 Å². The van der Waals surface area contributed by atoms with Crippen molar-refractivity contribution in [2.75, 3.05) is 23.1 Å². The Kier molecular flexibility index (Phi) is 6.69. The second-order valence-electron chi connectivity index (χ2n) is 6.30. The summed E-state index contributed by atoms with van der Waals surface area (Å²) in [4.78, 5) is 12.4. The molecule has 1 amide bonds. The van der Waals surface area contributed by atoms with Crippen LogP contribution < -0.4 is 20.7 Å². The average Bonchev–Trinajstić information content (AvgIpc) is 2.72. The molecule has 0 aliphatic rings. The normalized spacial score (nSPS) is 10.2. The number of hydrogen-bond donors (Lipinski definition) is 3. The second-order valence-corrected chi connectivity index (χ2v) is 7.12. The van der Waals surface area contributed by atoms with E-state index in [0.29, 0.717) is 21.4 Å². The van der Waals surface area contributed by atoms with E-state index < -0.39 is 0 Å². The van der Waals surface area contributed by atoms with Gasteiger partial charge in [-0.1, -0.05) is 17.7 Å². The van der Waals surface area contributed by atoms with Crippen molar-refractivity contribution in [2.24, 2.45) is 0 Å². The molecule has 0 aliphatic heterocycles. The number of halogens is 1. The van der Waals surface area contributed by atoms with Crippen LogP contribution in [-0.2, 0) is 0 Å². The molecule has 0 fully saturated rings. The predicted octanol–water partition coefficient (Wildman–Crippen LogP) is 5.72. The summed E-state index contributed by atoms with van der Waals surface area (Å²) >= 11 is 11.5. The molecule has 0 aromatic heterocycles. The molecular formula is C22H20ClN3O2S. The third-order valence-corrected chi connectivity index (χ3v) is 4.79. The maximum atomic E-state index is 12.4. The molecule has 0 unspecified atom stereocenters. The number of anilines is 3. The maximum absolute atomic E-state index is 12.4. The number of aryl methyl sites for hydroxylation is 1. The molecule has 0 saturated heterocycles. The van der Waals surface area contributed by atoms with E-state index >= 15 is 0 Å². The first-order valence-corrected chi connectivity index (χ1v) is 9.63. The molecule has 0 atom stereocenters. The smallest absolute Gasteiger partial charge is 0.255 e. The van der Waals surface area contributed by atoms with Gasteiger partial charge in [-0.3, -0.25) is 4.79 Å². The summed E-state index contributed by atoms with van der Waals surface area (Å²) in [5.41, 5.74) is 3.80. The first-order chi connectivity index (χ1) is 13.9.